The van der Waals surface area contributed by atoms with Crippen LogP contribution in [0, 0.1) is 0 Å². The number of amides is 4. The number of carbonyl (C=O) groups excluding carboxylic acids is 4. The number of carboxylic acid groups (broad SMARTS) is 1. The Morgan fingerprint density at radius 2 is 1.09 bits per heavy atom. The van der Waals surface area contributed by atoms with Crippen LogP contribution in [-0.4, -0.2) is 117 Å². The van der Waals surface area contributed by atoms with Crippen LogP contribution in [0.1, 0.15) is 6.92 Å². The number of hydrogen-bond acceptors (Lipinski definition) is 11. The maximum Gasteiger partial charge on any atom is 0.328 e. The van der Waals surface area contributed by atoms with Gasteiger partial charge in [0.2, 0.25) is 23.6 Å². The molecular formula is C16H29N5O10S. The van der Waals surface area contributed by atoms with E-state index >= 15 is 0 Å². The third-order valence-corrected chi connectivity index (χ3v) is 4.43. The molecule has 0 unspecified atom stereocenters. The van der Waals surface area contributed by atoms with Crippen LogP contribution in [-0.2, 0) is 24.0 Å². The zero-order valence-electron chi connectivity index (χ0n) is 17.1. The predicted molar refractivity (Wildman–Crippen MR) is 110 cm³/mol. The fourth-order valence-electron chi connectivity index (χ4n) is 2.07. The number of nitrogens with one attached hydrogen (secondary N) is 4. The molecule has 0 fully saturated rings. The second-order valence-corrected chi connectivity index (χ2v) is 6.94. The van der Waals surface area contributed by atoms with Crippen molar-refractivity contribution in [2.75, 3.05) is 25.6 Å². The van der Waals surface area contributed by atoms with Gasteiger partial charge in [-0.05, 0) is 6.92 Å². The summed E-state index contributed by atoms with van der Waals surface area (Å²) in [4.78, 5) is 59.4. The van der Waals surface area contributed by atoms with Crippen LogP contribution in [0.25, 0.3) is 0 Å². The Bertz CT molecular complexity index is 680. The molecule has 11 N–H and O–H groups in total. The number of hydrogen-bond donors (Lipinski definition) is 11. The second-order valence-electron chi connectivity index (χ2n) is 6.58. The molecule has 0 rings (SSSR count). The van der Waals surface area contributed by atoms with Crippen molar-refractivity contribution in [1.82, 2.24) is 21.3 Å². The Kier molecular flexibility index (Phi) is 13.4. The van der Waals surface area contributed by atoms with Gasteiger partial charge in [0.15, 0.2) is 0 Å². The van der Waals surface area contributed by atoms with Gasteiger partial charge >= 0.3 is 5.97 Å². The van der Waals surface area contributed by atoms with Gasteiger partial charge in [-0.3, -0.25) is 19.2 Å². The van der Waals surface area contributed by atoms with Crippen molar-refractivity contribution in [3.05, 3.63) is 0 Å². The van der Waals surface area contributed by atoms with Crippen LogP contribution in [0.15, 0.2) is 0 Å². The molecule has 0 aliphatic rings. The van der Waals surface area contributed by atoms with Gasteiger partial charge in [0.25, 0.3) is 0 Å². The first-order chi connectivity index (χ1) is 14.9. The molecule has 184 valence electrons. The lowest BCUT2D eigenvalue weighted by atomic mass is 10.1. The van der Waals surface area contributed by atoms with Crippen molar-refractivity contribution in [2.45, 2.75) is 43.2 Å². The minimum atomic E-state index is -1.63. The molecule has 0 aliphatic carbocycles. The third-order valence-electron chi connectivity index (χ3n) is 4.07. The molecule has 0 saturated heterocycles. The molecule has 6 atom stereocenters. The Labute approximate surface area is 188 Å². The van der Waals surface area contributed by atoms with E-state index in [2.05, 4.69) is 28.6 Å². The average molecular weight is 484 g/mol. The molecule has 0 aromatic rings. The number of carbonyl (C=O) groups is 5. The summed E-state index contributed by atoms with van der Waals surface area (Å²) < 4.78 is 0. The van der Waals surface area contributed by atoms with E-state index in [1.165, 1.54) is 6.92 Å². The Balaban J connectivity index is 5.11. The SMILES string of the molecule is C[C@@H](O)[C@H](N)C(=O)N[C@@H](CO)C(=O)N[C@@H](CO)C(=O)N[C@@H](CS)C(=O)N[C@@H](CO)C(=O)O. The van der Waals surface area contributed by atoms with E-state index in [0.717, 1.165) is 0 Å². The first-order valence-corrected chi connectivity index (χ1v) is 9.87. The number of aliphatic hydroxyl groups excluding tert-OH is 4. The Morgan fingerprint density at radius 3 is 1.44 bits per heavy atom. The van der Waals surface area contributed by atoms with Crippen LogP contribution in [0.3, 0.4) is 0 Å². The van der Waals surface area contributed by atoms with Gasteiger partial charge < -0.3 is 52.5 Å². The van der Waals surface area contributed by atoms with Crippen molar-refractivity contribution in [3.63, 3.8) is 0 Å². The van der Waals surface area contributed by atoms with Crippen LogP contribution in [0.2, 0.25) is 0 Å². The topological polar surface area (TPSA) is 261 Å². The van der Waals surface area contributed by atoms with Crippen LogP contribution < -0.4 is 27.0 Å². The van der Waals surface area contributed by atoms with Crippen LogP contribution in [0.4, 0.5) is 0 Å². The van der Waals surface area contributed by atoms with E-state index in [0.29, 0.717) is 0 Å². The van der Waals surface area contributed by atoms with E-state index in [1.54, 1.807) is 0 Å². The summed E-state index contributed by atoms with van der Waals surface area (Å²) in [6.45, 7) is -1.51. The molecule has 16 heteroatoms. The molecule has 0 bridgehead atoms. The lowest BCUT2D eigenvalue weighted by Crippen LogP contribution is -2.61. The summed E-state index contributed by atoms with van der Waals surface area (Å²) in [7, 11) is 0. The lowest BCUT2D eigenvalue weighted by molar-refractivity contribution is -0.143. The zero-order chi connectivity index (χ0) is 25.0. The van der Waals surface area contributed by atoms with Crippen molar-refractivity contribution in [3.8, 4) is 0 Å². The molecule has 0 aliphatic heterocycles. The van der Waals surface area contributed by atoms with E-state index in [-0.39, 0.29) is 5.75 Å². The standard InChI is InChI=1S/C16H29N5O10S/c1-6(25)11(17)15(29)19-8(3-23)12(26)18-7(2-22)13(27)21-10(5-32)14(28)20-9(4-24)16(30)31/h6-11,22-25,32H,2-5,17H2,1H3,(H,18,26)(H,19,29)(H,20,28)(H,21,27)(H,30,31)/t6-,7+,8+,9+,10+,11+/m1/s1. The molecule has 32 heavy (non-hydrogen) atoms. The first-order valence-electron chi connectivity index (χ1n) is 9.24. The highest BCUT2D eigenvalue weighted by Crippen LogP contribution is 1.96. The minimum Gasteiger partial charge on any atom is -0.480 e. The molecular weight excluding hydrogens is 454 g/mol. The van der Waals surface area contributed by atoms with Crippen molar-refractivity contribution < 1.29 is 49.5 Å². The molecule has 0 spiro atoms. The predicted octanol–water partition coefficient (Wildman–Crippen LogP) is -6.37. The van der Waals surface area contributed by atoms with Gasteiger partial charge in [0.1, 0.15) is 30.2 Å². The van der Waals surface area contributed by atoms with E-state index in [1.807, 2.05) is 5.32 Å². The fourth-order valence-corrected chi connectivity index (χ4v) is 2.33. The Morgan fingerprint density at radius 1 is 0.750 bits per heavy atom. The molecule has 0 saturated carbocycles. The van der Waals surface area contributed by atoms with E-state index < -0.39 is 85.7 Å². The smallest absolute Gasteiger partial charge is 0.328 e. The monoisotopic (exact) mass is 483 g/mol. The van der Waals surface area contributed by atoms with E-state index in [9.17, 15) is 39.3 Å². The quantitative estimate of drug-likeness (QED) is 0.103. The van der Waals surface area contributed by atoms with Gasteiger partial charge in [0.05, 0.1) is 25.9 Å². The first kappa shape index (κ1) is 29.5. The lowest BCUT2D eigenvalue weighted by Gasteiger charge is -2.24. The highest BCUT2D eigenvalue weighted by atomic mass is 32.1. The number of aliphatic hydroxyl groups is 4. The highest BCUT2D eigenvalue weighted by Gasteiger charge is 2.31. The number of aliphatic carboxylic acids is 1. The van der Waals surface area contributed by atoms with Gasteiger partial charge in [-0.25, -0.2) is 4.79 Å². The van der Waals surface area contributed by atoms with Gasteiger partial charge in [0, 0.05) is 5.75 Å². The van der Waals surface area contributed by atoms with Gasteiger partial charge in [-0.15, -0.1) is 0 Å². The van der Waals surface area contributed by atoms with Crippen LogP contribution in [0.5, 0.6) is 0 Å². The zero-order valence-corrected chi connectivity index (χ0v) is 18.0. The highest BCUT2D eigenvalue weighted by molar-refractivity contribution is 7.80. The Hall–Kier alpha value is -2.50. The van der Waals surface area contributed by atoms with Crippen molar-refractivity contribution in [2.24, 2.45) is 5.73 Å². The minimum absolute atomic E-state index is 0.298. The average Bonchev–Trinajstić information content (AvgIpc) is 2.75. The van der Waals surface area contributed by atoms with Gasteiger partial charge in [-0.2, -0.15) is 12.6 Å². The van der Waals surface area contributed by atoms with E-state index in [4.69, 9.17) is 15.9 Å². The summed E-state index contributed by atoms with van der Waals surface area (Å²) in [5.74, 6) is -5.90. The largest absolute Gasteiger partial charge is 0.480 e. The third kappa shape index (κ3) is 9.33. The summed E-state index contributed by atoms with van der Waals surface area (Å²) in [6.07, 6.45) is -1.25. The molecule has 15 nitrogen and oxygen atoms in total. The van der Waals surface area contributed by atoms with Crippen molar-refractivity contribution >= 4 is 42.2 Å². The fraction of sp³-hybridized carbons (Fsp3) is 0.688. The number of thiol groups is 1. The number of nitrogens with two attached hydrogens (primary N) is 1. The number of rotatable bonds is 14. The molecule has 4 amide bonds. The van der Waals surface area contributed by atoms with Crippen molar-refractivity contribution in [1.29, 1.82) is 0 Å². The summed E-state index contributed by atoms with van der Waals surface area (Å²) in [5, 5.41) is 54.1. The molecule has 0 radical (unpaired) electrons. The van der Waals surface area contributed by atoms with Crippen LogP contribution >= 0.6 is 12.6 Å². The summed E-state index contributed by atoms with van der Waals surface area (Å²) in [6, 6.07) is -7.60. The molecule has 0 aromatic heterocycles. The maximum absolute atomic E-state index is 12.3. The summed E-state index contributed by atoms with van der Waals surface area (Å²) in [5.41, 5.74) is 5.42. The summed E-state index contributed by atoms with van der Waals surface area (Å²) >= 11 is 3.87. The van der Waals surface area contributed by atoms with Gasteiger partial charge in [-0.1, -0.05) is 0 Å². The second kappa shape index (κ2) is 14.5. The maximum atomic E-state index is 12.3. The molecule has 0 heterocycles. The molecule has 0 aromatic carbocycles. The number of carboxylic acids is 1. The normalized spacial score (nSPS) is 16.5.